The fourth-order valence-corrected chi connectivity index (χ4v) is 5.07. The summed E-state index contributed by atoms with van der Waals surface area (Å²) < 4.78 is 1.28. The molecule has 1 saturated heterocycles. The molecule has 1 fully saturated rings. The van der Waals surface area contributed by atoms with Crippen molar-refractivity contribution in [3.05, 3.63) is 57.6 Å². The van der Waals surface area contributed by atoms with E-state index in [1.165, 1.54) is 48.7 Å². The molecule has 139 valence electrons. The molecule has 0 amide bonds. The summed E-state index contributed by atoms with van der Waals surface area (Å²) in [4.78, 5) is 4.93. The summed E-state index contributed by atoms with van der Waals surface area (Å²) in [5.74, 6) is 0. The van der Waals surface area contributed by atoms with Gasteiger partial charge >= 0.3 is 158 Å². The van der Waals surface area contributed by atoms with Crippen LogP contribution in [0, 0.1) is 41.5 Å². The molecular formula is C21H27AuClN2. The van der Waals surface area contributed by atoms with Gasteiger partial charge in [0.25, 0.3) is 0 Å². The molecule has 0 aromatic heterocycles. The maximum Gasteiger partial charge on any atom is -0.147 e. The quantitative estimate of drug-likeness (QED) is 0.500. The molecule has 0 spiro atoms. The van der Waals surface area contributed by atoms with E-state index in [9.17, 15) is 0 Å². The maximum atomic E-state index is 2.74. The number of hydrogen-bond acceptors (Lipinski definition) is 2. The van der Waals surface area contributed by atoms with E-state index in [1.54, 1.807) is 0 Å². The third kappa shape index (κ3) is 3.73. The second-order valence-corrected chi connectivity index (χ2v) is 8.00. The molecule has 2 aromatic carbocycles. The molecule has 0 atom stereocenters. The Morgan fingerprint density at radius 1 is 0.640 bits per heavy atom. The van der Waals surface area contributed by atoms with Gasteiger partial charge in [-0.25, -0.2) is 0 Å². The van der Waals surface area contributed by atoms with Gasteiger partial charge in [-0.1, -0.05) is 0 Å². The van der Waals surface area contributed by atoms with E-state index < -0.39 is 0 Å². The Labute approximate surface area is 170 Å². The number of hydrogen-bond donors (Lipinski definition) is 0. The predicted molar refractivity (Wildman–Crippen MR) is 108 cm³/mol. The molecule has 3 rings (SSSR count). The van der Waals surface area contributed by atoms with Crippen LogP contribution in [0.5, 0.6) is 0 Å². The predicted octanol–water partition coefficient (Wildman–Crippen LogP) is 4.92. The second-order valence-electron chi connectivity index (χ2n) is 7.03. The zero-order valence-electron chi connectivity index (χ0n) is 15.8. The summed E-state index contributed by atoms with van der Waals surface area (Å²) >= 11 is 2.74. The molecule has 0 radical (unpaired) electrons. The van der Waals surface area contributed by atoms with E-state index in [-0.39, 0.29) is 12.4 Å². The topological polar surface area (TPSA) is 6.48 Å². The average Bonchev–Trinajstić information content (AvgIpc) is 2.79. The fraction of sp³-hybridized carbons (Fsp3) is 0.381. The Bertz CT molecular complexity index is 715. The number of anilines is 2. The van der Waals surface area contributed by atoms with E-state index in [1.807, 2.05) is 0 Å². The number of nitrogens with zero attached hydrogens (tertiary/aromatic N) is 2. The van der Waals surface area contributed by atoms with Crippen LogP contribution in [0.2, 0.25) is 0 Å². The molecule has 2 aromatic rings. The van der Waals surface area contributed by atoms with Gasteiger partial charge in [-0.2, -0.15) is 0 Å². The van der Waals surface area contributed by atoms with Crippen LogP contribution in [-0.2, 0) is 20.6 Å². The van der Waals surface area contributed by atoms with E-state index in [0.717, 1.165) is 13.1 Å². The van der Waals surface area contributed by atoms with Crippen LogP contribution in [0.1, 0.15) is 33.4 Å². The van der Waals surface area contributed by atoms with Crippen molar-refractivity contribution in [2.24, 2.45) is 0 Å². The van der Waals surface area contributed by atoms with Gasteiger partial charge in [-0.15, -0.1) is 12.4 Å². The van der Waals surface area contributed by atoms with Crippen LogP contribution in [0.15, 0.2) is 24.3 Å². The summed E-state index contributed by atoms with van der Waals surface area (Å²) in [5.41, 5.74) is 10.8. The molecule has 1 heterocycles. The normalized spacial score (nSPS) is 14.2. The number of benzene rings is 2. The van der Waals surface area contributed by atoms with Crippen molar-refractivity contribution in [3.8, 4) is 0 Å². The summed E-state index contributed by atoms with van der Waals surface area (Å²) in [7, 11) is 0. The van der Waals surface area contributed by atoms with Crippen LogP contribution in [0.3, 0.4) is 0 Å². The van der Waals surface area contributed by atoms with Gasteiger partial charge < -0.3 is 0 Å². The minimum atomic E-state index is 0. The fourth-order valence-electron chi connectivity index (χ4n) is 4.10. The SMILES string of the molecule is Cc1cc(C)c(N2CCN(c3c(C)cc(C)cc3C)[C]2=[Au])c(C)c1.Cl. The van der Waals surface area contributed by atoms with Gasteiger partial charge in [0.2, 0.25) is 0 Å². The van der Waals surface area contributed by atoms with Crippen LogP contribution in [-0.4, -0.2) is 17.1 Å². The molecule has 4 heteroatoms. The first-order valence-corrected chi connectivity index (χ1v) is 9.57. The third-order valence-electron chi connectivity index (χ3n) is 4.76. The molecular weight excluding hydrogens is 513 g/mol. The zero-order valence-corrected chi connectivity index (χ0v) is 18.8. The first kappa shape index (κ1) is 20.3. The Morgan fingerprint density at radius 2 is 0.920 bits per heavy atom. The Morgan fingerprint density at radius 3 is 1.20 bits per heavy atom. The van der Waals surface area contributed by atoms with Gasteiger partial charge in [0.1, 0.15) is 0 Å². The van der Waals surface area contributed by atoms with Gasteiger partial charge in [-0.05, 0) is 0 Å². The number of aryl methyl sites for hydroxylation is 6. The van der Waals surface area contributed by atoms with Gasteiger partial charge in [0.05, 0.1) is 0 Å². The van der Waals surface area contributed by atoms with E-state index in [4.69, 9.17) is 0 Å². The van der Waals surface area contributed by atoms with Gasteiger partial charge in [0.15, 0.2) is 0 Å². The van der Waals surface area contributed by atoms with Gasteiger partial charge in [-0.3, -0.25) is 0 Å². The van der Waals surface area contributed by atoms with Crippen molar-refractivity contribution in [1.82, 2.24) is 0 Å². The largest absolute Gasteiger partial charge is 0.147 e. The third-order valence-corrected chi connectivity index (χ3v) is 5.93. The minimum absolute atomic E-state index is 0. The molecule has 1 aliphatic rings. The van der Waals surface area contributed by atoms with Crippen LogP contribution >= 0.6 is 12.4 Å². The molecule has 25 heavy (non-hydrogen) atoms. The monoisotopic (exact) mass is 539 g/mol. The maximum absolute atomic E-state index is 2.74. The first-order valence-electron chi connectivity index (χ1n) is 8.49. The standard InChI is InChI=1S/C21H26N2.Au.ClH/c1-14-9-16(3)20(17(4)10-14)22-7-8-23(13-22)21-18(5)11-15(2)12-19(21)6;;/h9-12H,7-8H2,1-6H3;;1H. The van der Waals surface area contributed by atoms with Crippen LogP contribution < -0.4 is 9.80 Å². The van der Waals surface area contributed by atoms with Crippen molar-refractivity contribution < 1.29 is 20.6 Å². The number of halogens is 1. The minimum Gasteiger partial charge on any atom is -0.147 e. The van der Waals surface area contributed by atoms with Crippen molar-refractivity contribution in [2.45, 2.75) is 41.5 Å². The molecule has 0 aliphatic carbocycles. The summed E-state index contributed by atoms with van der Waals surface area (Å²) in [6, 6.07) is 9.14. The summed E-state index contributed by atoms with van der Waals surface area (Å²) in [6.45, 7) is 15.3. The molecule has 0 unspecified atom stereocenters. The summed E-state index contributed by atoms with van der Waals surface area (Å²) in [5, 5.41) is 0. The van der Waals surface area contributed by atoms with E-state index in [0.29, 0.717) is 0 Å². The van der Waals surface area contributed by atoms with E-state index >= 15 is 0 Å². The Balaban J connectivity index is 0.00000225. The van der Waals surface area contributed by atoms with Gasteiger partial charge in [0, 0.05) is 0 Å². The summed E-state index contributed by atoms with van der Waals surface area (Å²) in [6.07, 6.45) is 0. The van der Waals surface area contributed by atoms with Crippen molar-refractivity contribution >= 4 is 27.8 Å². The molecule has 2 nitrogen and oxygen atoms in total. The molecule has 0 N–H and O–H groups in total. The average molecular weight is 540 g/mol. The van der Waals surface area contributed by atoms with E-state index in [2.05, 4.69) is 96.2 Å². The van der Waals surface area contributed by atoms with Crippen molar-refractivity contribution in [3.63, 3.8) is 0 Å². The Hall–Kier alpha value is -1.06. The van der Waals surface area contributed by atoms with Crippen LogP contribution in [0.4, 0.5) is 11.4 Å². The van der Waals surface area contributed by atoms with Crippen molar-refractivity contribution in [2.75, 3.05) is 22.9 Å². The first-order chi connectivity index (χ1) is 11.3. The molecule has 1 aliphatic heterocycles. The zero-order chi connectivity index (χ0) is 17.6. The molecule has 0 bridgehead atoms. The number of rotatable bonds is 2. The Kier molecular flexibility index (Phi) is 6.22. The van der Waals surface area contributed by atoms with Crippen LogP contribution in [0.25, 0.3) is 0 Å². The van der Waals surface area contributed by atoms with Crippen molar-refractivity contribution in [1.29, 1.82) is 0 Å². The second kappa shape index (κ2) is 7.67. The smallest absolute Gasteiger partial charge is 0.147 e. The molecule has 0 saturated carbocycles.